The van der Waals surface area contributed by atoms with E-state index in [0.29, 0.717) is 25.2 Å². The summed E-state index contributed by atoms with van der Waals surface area (Å²) in [7, 11) is 3.67. The lowest BCUT2D eigenvalue weighted by atomic mass is 10.1. The number of hydrogen-bond donors (Lipinski definition) is 1. The molecule has 1 heterocycles. The number of likely N-dealkylation sites (N-methyl/N-ethyl adjacent to an activating group) is 1. The smallest absolute Gasteiger partial charge is 0.257 e. The Bertz CT molecular complexity index is 794. The molecule has 0 saturated carbocycles. The van der Waals surface area contributed by atoms with E-state index in [9.17, 15) is 4.79 Å². The van der Waals surface area contributed by atoms with Crippen LogP contribution in [0.15, 0.2) is 52.3 Å². The van der Waals surface area contributed by atoms with Crippen molar-refractivity contribution in [1.29, 1.82) is 0 Å². The summed E-state index contributed by atoms with van der Waals surface area (Å²) < 4.78 is 5.24. The fourth-order valence-corrected chi connectivity index (χ4v) is 3.15. The number of carbonyl (C=O) groups excluding carboxylic acids is 1. The van der Waals surface area contributed by atoms with Gasteiger partial charge in [-0.05, 0) is 51.0 Å². The quantitative estimate of drug-likeness (QED) is 0.564. The van der Waals surface area contributed by atoms with E-state index in [1.807, 2.05) is 56.1 Å². The standard InChI is InChI=1S/C23H34N4O2/c1-7-17(3)15-21-22(25-18(4)24-8-2)26(5)13-14-27(23(21)28)16-19-9-11-20(29-6)12-10-19/h9-12,15H,7-8,13-14,16H2,1-6H3,(H,24,25)/b17-15-. The van der Waals surface area contributed by atoms with Gasteiger partial charge in [-0.1, -0.05) is 24.6 Å². The highest BCUT2D eigenvalue weighted by Crippen LogP contribution is 2.21. The van der Waals surface area contributed by atoms with E-state index in [4.69, 9.17) is 4.74 Å². The zero-order valence-corrected chi connectivity index (χ0v) is 18.6. The van der Waals surface area contributed by atoms with Gasteiger partial charge in [0, 0.05) is 33.2 Å². The Hall–Kier alpha value is -2.76. The Labute approximate surface area is 174 Å². The van der Waals surface area contributed by atoms with Crippen LogP contribution in [0.2, 0.25) is 0 Å². The lowest BCUT2D eigenvalue weighted by Crippen LogP contribution is -2.34. The first-order valence-corrected chi connectivity index (χ1v) is 10.2. The summed E-state index contributed by atoms with van der Waals surface area (Å²) in [6.45, 7) is 10.8. The number of ether oxygens (including phenoxy) is 1. The zero-order chi connectivity index (χ0) is 21.4. The molecule has 158 valence electrons. The number of amidine groups is 1. The van der Waals surface area contributed by atoms with Crippen molar-refractivity contribution in [2.75, 3.05) is 33.8 Å². The molecule has 0 aliphatic carbocycles. The number of methoxy groups -OCH3 is 1. The van der Waals surface area contributed by atoms with Gasteiger partial charge in [-0.25, -0.2) is 0 Å². The van der Waals surface area contributed by atoms with Gasteiger partial charge in [-0.3, -0.25) is 9.79 Å². The largest absolute Gasteiger partial charge is 0.497 e. The van der Waals surface area contributed by atoms with Crippen LogP contribution in [0.25, 0.3) is 0 Å². The van der Waals surface area contributed by atoms with Crippen LogP contribution in [0.1, 0.15) is 39.7 Å². The maximum atomic E-state index is 13.5. The average molecular weight is 399 g/mol. The Morgan fingerprint density at radius 1 is 1.21 bits per heavy atom. The average Bonchev–Trinajstić information content (AvgIpc) is 2.82. The van der Waals surface area contributed by atoms with E-state index in [0.717, 1.165) is 41.5 Å². The van der Waals surface area contributed by atoms with Gasteiger partial charge in [0.05, 0.1) is 18.5 Å². The molecule has 6 heteroatoms. The molecule has 1 aromatic rings. The van der Waals surface area contributed by atoms with Crippen LogP contribution >= 0.6 is 0 Å². The first-order valence-electron chi connectivity index (χ1n) is 10.2. The predicted molar refractivity (Wildman–Crippen MR) is 119 cm³/mol. The minimum Gasteiger partial charge on any atom is -0.497 e. The number of rotatable bonds is 7. The van der Waals surface area contributed by atoms with Crippen molar-refractivity contribution in [3.8, 4) is 5.75 Å². The van der Waals surface area contributed by atoms with Crippen molar-refractivity contribution in [3.63, 3.8) is 0 Å². The predicted octanol–water partition coefficient (Wildman–Crippen LogP) is 3.57. The van der Waals surface area contributed by atoms with Crippen molar-refractivity contribution < 1.29 is 9.53 Å². The number of aliphatic imine (C=N–C) groups is 1. The third-order valence-electron chi connectivity index (χ3n) is 5.04. The molecule has 0 bridgehead atoms. The first kappa shape index (κ1) is 22.5. The van der Waals surface area contributed by atoms with Crippen LogP contribution in [0.5, 0.6) is 5.75 Å². The second-order valence-electron chi connectivity index (χ2n) is 7.29. The summed E-state index contributed by atoms with van der Waals surface area (Å²) in [6.07, 6.45) is 2.90. The van der Waals surface area contributed by atoms with Gasteiger partial charge in [0.15, 0.2) is 0 Å². The highest BCUT2D eigenvalue weighted by atomic mass is 16.5. The summed E-state index contributed by atoms with van der Waals surface area (Å²) in [5.41, 5.74) is 2.93. The molecule has 1 aliphatic rings. The van der Waals surface area contributed by atoms with E-state index >= 15 is 0 Å². The molecule has 0 atom stereocenters. The summed E-state index contributed by atoms with van der Waals surface area (Å²) in [6, 6.07) is 7.88. The molecule has 2 rings (SSSR count). The molecule has 1 aliphatic heterocycles. The lowest BCUT2D eigenvalue weighted by Gasteiger charge is -2.23. The van der Waals surface area contributed by atoms with Crippen LogP contribution in [0, 0.1) is 0 Å². The maximum absolute atomic E-state index is 13.5. The van der Waals surface area contributed by atoms with Crippen molar-refractivity contribution in [3.05, 3.63) is 52.9 Å². The van der Waals surface area contributed by atoms with Gasteiger partial charge in [-0.15, -0.1) is 0 Å². The molecule has 29 heavy (non-hydrogen) atoms. The minimum absolute atomic E-state index is 0.0322. The maximum Gasteiger partial charge on any atom is 0.257 e. The number of amides is 1. The highest BCUT2D eigenvalue weighted by molar-refractivity contribution is 5.98. The molecule has 1 aromatic carbocycles. The van der Waals surface area contributed by atoms with Gasteiger partial charge < -0.3 is 19.9 Å². The highest BCUT2D eigenvalue weighted by Gasteiger charge is 2.27. The van der Waals surface area contributed by atoms with E-state index in [-0.39, 0.29) is 5.91 Å². The minimum atomic E-state index is 0.0322. The summed E-state index contributed by atoms with van der Waals surface area (Å²) in [5.74, 6) is 2.47. The molecule has 1 amide bonds. The second-order valence-corrected chi connectivity index (χ2v) is 7.29. The van der Waals surface area contributed by atoms with Crippen LogP contribution in [0.4, 0.5) is 0 Å². The lowest BCUT2D eigenvalue weighted by molar-refractivity contribution is -0.127. The molecule has 0 aromatic heterocycles. The molecular formula is C23H34N4O2. The number of carbonyl (C=O) groups is 1. The van der Waals surface area contributed by atoms with E-state index < -0.39 is 0 Å². The molecule has 1 N–H and O–H groups in total. The molecule has 0 saturated heterocycles. The Kier molecular flexibility index (Phi) is 8.31. The number of nitrogens with zero attached hydrogens (tertiary/aromatic N) is 3. The van der Waals surface area contributed by atoms with Crippen LogP contribution < -0.4 is 10.1 Å². The topological polar surface area (TPSA) is 57.2 Å². The van der Waals surface area contributed by atoms with Gasteiger partial charge >= 0.3 is 0 Å². The van der Waals surface area contributed by atoms with Crippen molar-refractivity contribution in [2.24, 2.45) is 4.99 Å². The zero-order valence-electron chi connectivity index (χ0n) is 18.6. The monoisotopic (exact) mass is 398 g/mol. The fourth-order valence-electron chi connectivity index (χ4n) is 3.15. The molecule has 0 unspecified atom stereocenters. The van der Waals surface area contributed by atoms with Gasteiger partial charge in [0.1, 0.15) is 11.6 Å². The van der Waals surface area contributed by atoms with E-state index in [1.54, 1.807) is 7.11 Å². The van der Waals surface area contributed by atoms with Crippen molar-refractivity contribution in [1.82, 2.24) is 15.1 Å². The third-order valence-corrected chi connectivity index (χ3v) is 5.04. The Morgan fingerprint density at radius 2 is 1.90 bits per heavy atom. The van der Waals surface area contributed by atoms with Crippen molar-refractivity contribution in [2.45, 2.75) is 40.7 Å². The third kappa shape index (κ3) is 6.11. The van der Waals surface area contributed by atoms with Crippen LogP contribution in [0.3, 0.4) is 0 Å². The summed E-state index contributed by atoms with van der Waals surface area (Å²) in [5, 5.41) is 3.37. The van der Waals surface area contributed by atoms with Crippen LogP contribution in [-0.2, 0) is 11.3 Å². The van der Waals surface area contributed by atoms with Gasteiger partial charge in [0.2, 0.25) is 0 Å². The van der Waals surface area contributed by atoms with Gasteiger partial charge in [-0.2, -0.15) is 0 Å². The van der Waals surface area contributed by atoms with Crippen LogP contribution in [-0.4, -0.2) is 55.3 Å². The normalized spacial score (nSPS) is 16.3. The number of allylic oxidation sites excluding steroid dienone is 1. The fraction of sp³-hybridized carbons (Fsp3) is 0.478. The Balaban J connectivity index is 2.39. The van der Waals surface area contributed by atoms with E-state index in [1.165, 1.54) is 0 Å². The second kappa shape index (κ2) is 10.7. The number of benzene rings is 1. The SMILES string of the molecule is CCN=C(C)NC1=C(/C=C(/C)CC)C(=O)N(Cc2ccc(OC)cc2)CCN1C. The molecule has 6 nitrogen and oxygen atoms in total. The summed E-state index contributed by atoms with van der Waals surface area (Å²) >= 11 is 0. The van der Waals surface area contributed by atoms with Crippen molar-refractivity contribution >= 4 is 11.7 Å². The molecule has 0 radical (unpaired) electrons. The summed E-state index contributed by atoms with van der Waals surface area (Å²) in [4.78, 5) is 22.0. The number of nitrogens with one attached hydrogen (secondary N) is 1. The molecular weight excluding hydrogens is 364 g/mol. The van der Waals surface area contributed by atoms with Gasteiger partial charge in [0.25, 0.3) is 5.91 Å². The first-order chi connectivity index (χ1) is 13.9. The molecule has 0 fully saturated rings. The molecule has 0 spiro atoms. The van der Waals surface area contributed by atoms with E-state index in [2.05, 4.69) is 29.1 Å². The Morgan fingerprint density at radius 3 is 2.48 bits per heavy atom. The number of hydrogen-bond acceptors (Lipinski definition) is 4.